The number of carbonyl (C=O) groups excluding carboxylic acids is 3. The van der Waals surface area contributed by atoms with E-state index in [-0.39, 0.29) is 53.5 Å². The van der Waals surface area contributed by atoms with Gasteiger partial charge in [-0.2, -0.15) is 0 Å². The zero-order valence-electron chi connectivity index (χ0n) is 42.2. The van der Waals surface area contributed by atoms with Gasteiger partial charge >= 0.3 is 12.2 Å². The molecule has 3 aromatic carbocycles. The second kappa shape index (κ2) is 19.9. The summed E-state index contributed by atoms with van der Waals surface area (Å²) < 4.78 is 38.3. The fourth-order valence-electron chi connectivity index (χ4n) is 12.9. The molecular weight excluding hydrogens is 923 g/mol. The Morgan fingerprint density at radius 1 is 0.708 bits per heavy atom. The van der Waals surface area contributed by atoms with Crippen LogP contribution in [0.2, 0.25) is 0 Å². The number of amides is 4. The molecule has 5 aromatic rings. The number of imidazole rings is 2. The summed E-state index contributed by atoms with van der Waals surface area (Å²) in [5, 5.41) is 12.5. The molecule has 18 heteroatoms. The van der Waals surface area contributed by atoms with Gasteiger partial charge in [0.2, 0.25) is 11.8 Å². The van der Waals surface area contributed by atoms with Crippen LogP contribution in [0.25, 0.3) is 22.1 Å². The first-order valence-corrected chi connectivity index (χ1v) is 26.0. The number of aromatic nitrogens is 4. The van der Waals surface area contributed by atoms with Crippen LogP contribution in [0, 0.1) is 35.3 Å². The average Bonchev–Trinajstić information content (AvgIpc) is 4.22. The number of nitrogens with zero attached hydrogens (tertiary/aromatic N) is 7. The Bertz CT molecular complexity index is 2830. The van der Waals surface area contributed by atoms with Crippen molar-refractivity contribution < 1.29 is 37.8 Å². The van der Waals surface area contributed by atoms with E-state index >= 15 is 8.78 Å². The van der Waals surface area contributed by atoms with Gasteiger partial charge < -0.3 is 44.7 Å². The van der Waals surface area contributed by atoms with Crippen molar-refractivity contribution in [3.63, 3.8) is 0 Å². The van der Waals surface area contributed by atoms with Crippen molar-refractivity contribution in [2.24, 2.45) is 23.7 Å². The first-order chi connectivity index (χ1) is 34.6. The molecule has 16 nitrogen and oxygen atoms in total. The fraction of sp³-hybridized carbons (Fsp3) is 0.556. The van der Waals surface area contributed by atoms with E-state index in [2.05, 4.69) is 32.3 Å². The molecule has 0 spiro atoms. The second-order valence-electron chi connectivity index (χ2n) is 21.6. The standard InChI is InChI=1S/C54H68F2N10O6/c1-29(2)46(61-53(69)72-6)51(67)64-21-9-13-44(64)49-57-38-17-15-31(23-40(38)59-49)42-19-20-43(66(42)35-25-36(55)48(37(56)26-35)63-27-33-11-7-8-12-34(33)28-63)32-16-18-39-41(24-32)60-50(58-39)45-14-10-22-65(45)52(68)47(30(3)4)62(5)54(70)71/h15-18,23-26,29-30,33-34,42-47H,7-14,19-22,27-28H2,1-6H3,(H,57,59)(H,58,60)(H,61,69)(H,70,71)/t33-,34+,42-,43-,44+,45+,46+,47+/m1/s1. The largest absolute Gasteiger partial charge is 0.465 e. The van der Waals surface area contributed by atoms with Crippen LogP contribution in [0.5, 0.6) is 0 Å². The Balaban J connectivity index is 0.975. The van der Waals surface area contributed by atoms with Gasteiger partial charge in [-0.25, -0.2) is 28.3 Å². The smallest absolute Gasteiger partial charge is 0.407 e. The monoisotopic (exact) mass is 991 g/mol. The molecule has 0 radical (unpaired) electrons. The lowest BCUT2D eigenvalue weighted by Crippen LogP contribution is -2.51. The number of carboxylic acid groups (broad SMARTS) is 1. The van der Waals surface area contributed by atoms with Crippen molar-refractivity contribution in [1.29, 1.82) is 0 Å². The Hall–Kier alpha value is -6.46. The highest BCUT2D eigenvalue weighted by molar-refractivity contribution is 5.87. The Kier molecular flexibility index (Phi) is 13.6. The molecule has 384 valence electrons. The Morgan fingerprint density at radius 3 is 1.69 bits per heavy atom. The van der Waals surface area contributed by atoms with E-state index in [1.165, 1.54) is 26.3 Å². The van der Waals surface area contributed by atoms with E-state index in [1.54, 1.807) is 9.80 Å². The molecule has 4 amide bonds. The number of fused-ring (bicyclic) bond motifs is 3. The third kappa shape index (κ3) is 9.07. The molecule has 1 aliphatic carbocycles. The highest BCUT2D eigenvalue weighted by atomic mass is 19.1. The number of nitrogens with one attached hydrogen (secondary N) is 3. The molecule has 5 aliphatic rings. The molecular formula is C54H68F2N10O6. The van der Waals surface area contributed by atoms with Gasteiger partial charge in [-0.3, -0.25) is 14.5 Å². The lowest BCUT2D eigenvalue weighted by molar-refractivity contribution is -0.138. The van der Waals surface area contributed by atoms with Gasteiger partial charge in [0.1, 0.15) is 29.4 Å². The molecule has 1 saturated carbocycles. The highest BCUT2D eigenvalue weighted by Gasteiger charge is 2.43. The van der Waals surface area contributed by atoms with E-state index in [9.17, 15) is 24.3 Å². The number of methoxy groups -OCH3 is 1. The number of likely N-dealkylation sites (tertiary alicyclic amines) is 2. The van der Waals surface area contributed by atoms with Gasteiger partial charge in [0.15, 0.2) is 11.6 Å². The van der Waals surface area contributed by atoms with Crippen molar-refractivity contribution in [3.8, 4) is 0 Å². The van der Waals surface area contributed by atoms with Crippen LogP contribution < -0.4 is 15.1 Å². The molecule has 0 unspecified atom stereocenters. The van der Waals surface area contributed by atoms with Crippen LogP contribution in [0.3, 0.4) is 0 Å². The third-order valence-corrected chi connectivity index (χ3v) is 16.5. The van der Waals surface area contributed by atoms with Crippen molar-refractivity contribution in [1.82, 2.24) is 40.0 Å². The lowest BCUT2D eigenvalue weighted by atomic mass is 9.82. The number of rotatable bonds is 12. The number of anilines is 2. The van der Waals surface area contributed by atoms with Gasteiger partial charge in [-0.15, -0.1) is 0 Å². The molecule has 2 aromatic heterocycles. The lowest BCUT2D eigenvalue weighted by Gasteiger charge is -2.34. The molecule has 72 heavy (non-hydrogen) atoms. The maximum Gasteiger partial charge on any atom is 0.407 e. The summed E-state index contributed by atoms with van der Waals surface area (Å²) in [6, 6.07) is 12.3. The zero-order valence-corrected chi connectivity index (χ0v) is 42.2. The first kappa shape index (κ1) is 49.1. The van der Waals surface area contributed by atoms with Crippen molar-refractivity contribution in [3.05, 3.63) is 82.9 Å². The summed E-state index contributed by atoms with van der Waals surface area (Å²) in [4.78, 5) is 77.9. The predicted octanol–water partition coefficient (Wildman–Crippen LogP) is 9.77. The van der Waals surface area contributed by atoms with Crippen LogP contribution in [0.15, 0.2) is 48.5 Å². The van der Waals surface area contributed by atoms with Crippen LogP contribution >= 0.6 is 0 Å². The number of carbonyl (C=O) groups is 4. The molecule has 4 aliphatic heterocycles. The molecule has 0 bridgehead atoms. The normalized spacial score (nSPS) is 24.2. The molecule has 10 rings (SSSR count). The van der Waals surface area contributed by atoms with Crippen LogP contribution in [0.4, 0.5) is 29.7 Å². The number of aromatic amines is 2. The fourth-order valence-corrected chi connectivity index (χ4v) is 12.9. The van der Waals surface area contributed by atoms with Gasteiger partial charge in [0.05, 0.1) is 53.3 Å². The van der Waals surface area contributed by atoms with Gasteiger partial charge in [-0.1, -0.05) is 52.7 Å². The molecule has 5 fully saturated rings. The van der Waals surface area contributed by atoms with Crippen LogP contribution in [-0.2, 0) is 14.3 Å². The molecule has 6 heterocycles. The third-order valence-electron chi connectivity index (χ3n) is 16.5. The van der Waals surface area contributed by atoms with E-state index in [0.29, 0.717) is 86.6 Å². The quantitative estimate of drug-likeness (QED) is 0.0939. The maximum absolute atomic E-state index is 16.8. The predicted molar refractivity (Wildman–Crippen MR) is 269 cm³/mol. The SMILES string of the molecule is COC(=O)N[C@H](C(=O)N1CCC[C@H]1c1nc2ccc([C@H]3CC[C@H](c4ccc5nc([C@@H]6CCCN6C(=O)[C@H](C(C)C)N(C)C(=O)O)[nH]c5c4)N3c3cc(F)c(N4C[C@H]5CCCC[C@H]5C4)c(F)c3)cc2[nH]1)C(C)C. The number of hydrogen-bond acceptors (Lipinski definition) is 9. The Labute approximate surface area is 418 Å². The summed E-state index contributed by atoms with van der Waals surface area (Å²) in [5.41, 5.74) is 5.36. The van der Waals surface area contributed by atoms with Gasteiger partial charge in [0, 0.05) is 38.9 Å². The summed E-state index contributed by atoms with van der Waals surface area (Å²) >= 11 is 0. The van der Waals surface area contributed by atoms with E-state index in [1.807, 2.05) is 56.9 Å². The topological polar surface area (TPSA) is 183 Å². The number of alkyl carbamates (subject to hydrolysis) is 1. The van der Waals surface area contributed by atoms with Crippen molar-refractivity contribution >= 4 is 57.4 Å². The minimum absolute atomic E-state index is 0.0484. The number of benzene rings is 3. The van der Waals surface area contributed by atoms with Crippen molar-refractivity contribution in [2.75, 3.05) is 50.1 Å². The van der Waals surface area contributed by atoms with Crippen LogP contribution in [0.1, 0.15) is 139 Å². The number of likely N-dealkylation sites (N-methyl/N-ethyl adjacent to an activating group) is 1. The minimum Gasteiger partial charge on any atom is -0.465 e. The summed E-state index contributed by atoms with van der Waals surface area (Å²) in [5.74, 6) is 0.193. The van der Waals surface area contributed by atoms with Gasteiger partial charge in [0.25, 0.3) is 0 Å². The summed E-state index contributed by atoms with van der Waals surface area (Å²) in [6.07, 6.45) is 6.95. The molecule has 4 N–H and O–H groups in total. The van der Waals surface area contributed by atoms with E-state index < -0.39 is 35.9 Å². The van der Waals surface area contributed by atoms with Gasteiger partial charge in [-0.05, 0) is 123 Å². The second-order valence-corrected chi connectivity index (χ2v) is 21.6. The molecule has 4 saturated heterocycles. The molecule has 8 atom stereocenters. The van der Waals surface area contributed by atoms with Crippen LogP contribution in [-0.4, -0.2) is 116 Å². The maximum atomic E-state index is 16.8. The Morgan fingerprint density at radius 2 is 1.22 bits per heavy atom. The van der Waals surface area contributed by atoms with E-state index in [0.717, 1.165) is 71.1 Å². The number of halogens is 2. The number of H-pyrrole nitrogens is 2. The van der Waals surface area contributed by atoms with E-state index in [4.69, 9.17) is 14.7 Å². The van der Waals surface area contributed by atoms with Crippen molar-refractivity contribution in [2.45, 2.75) is 128 Å². The zero-order chi connectivity index (χ0) is 50.7. The first-order valence-electron chi connectivity index (χ1n) is 26.0. The summed E-state index contributed by atoms with van der Waals surface area (Å²) in [6.45, 7) is 9.80. The average molecular weight is 991 g/mol. The minimum atomic E-state index is -1.16. The number of hydrogen-bond donors (Lipinski definition) is 4. The summed E-state index contributed by atoms with van der Waals surface area (Å²) in [7, 11) is 2.71. The number of ether oxygens (including phenoxy) is 1. The highest BCUT2D eigenvalue weighted by Crippen LogP contribution is 2.50.